The van der Waals surface area contributed by atoms with Crippen LogP contribution in [0.25, 0.3) is 0 Å². The molecule has 1 aromatic carbocycles. The summed E-state index contributed by atoms with van der Waals surface area (Å²) in [5, 5.41) is 0. The van der Waals surface area contributed by atoms with E-state index in [-0.39, 0.29) is 0 Å². The number of unbranched alkanes of at least 4 members (excludes halogenated alkanes) is 12. The Morgan fingerprint density at radius 2 is 1.23 bits per heavy atom. The molecule has 1 unspecified atom stereocenters. The van der Waals surface area contributed by atoms with Crippen LogP contribution in [-0.2, 0) is 0 Å². The lowest BCUT2D eigenvalue weighted by atomic mass is 10.0. The number of quaternary nitrogens is 1. The Bertz CT molecular complexity index is 543. The Morgan fingerprint density at radius 3 is 1.77 bits per heavy atom. The molecule has 0 N–H and O–H groups in total. The van der Waals surface area contributed by atoms with E-state index >= 15 is 0 Å². The first-order chi connectivity index (χ1) is 14.6. The van der Waals surface area contributed by atoms with Crippen LogP contribution in [0, 0.1) is 0 Å². The summed E-state index contributed by atoms with van der Waals surface area (Å²) in [6, 6.07) is 11.2. The van der Waals surface area contributed by atoms with E-state index in [4.69, 9.17) is 0 Å². The van der Waals surface area contributed by atoms with Gasteiger partial charge in [-0.3, -0.25) is 0 Å². The maximum atomic E-state index is 4.11. The second-order valence-electron chi connectivity index (χ2n) is 9.53. The molecular weight excluding hydrogens is 362 g/mol. The predicted molar refractivity (Wildman–Crippen MR) is 136 cm³/mol. The minimum absolute atomic E-state index is 0.384. The minimum Gasteiger partial charge on any atom is -0.319 e. The Labute approximate surface area is 188 Å². The van der Waals surface area contributed by atoms with Crippen LogP contribution in [0.2, 0.25) is 0 Å². The van der Waals surface area contributed by atoms with Crippen molar-refractivity contribution in [2.45, 2.75) is 103 Å². The van der Waals surface area contributed by atoms with Crippen LogP contribution in [0.4, 0.5) is 0 Å². The van der Waals surface area contributed by atoms with Crippen LogP contribution in [0.15, 0.2) is 55.1 Å². The average molecular weight is 413 g/mol. The van der Waals surface area contributed by atoms with E-state index in [0.29, 0.717) is 6.04 Å². The molecule has 170 valence electrons. The van der Waals surface area contributed by atoms with Gasteiger partial charge in [-0.25, -0.2) is 0 Å². The van der Waals surface area contributed by atoms with Crippen LogP contribution in [0.5, 0.6) is 0 Å². The zero-order chi connectivity index (χ0) is 21.9. The lowest BCUT2D eigenvalue weighted by molar-refractivity contribution is -0.914. The highest BCUT2D eigenvalue weighted by Crippen LogP contribution is 2.26. The van der Waals surface area contributed by atoms with Gasteiger partial charge in [0.1, 0.15) is 6.04 Å². The monoisotopic (exact) mass is 412 g/mol. The second-order valence-corrected chi connectivity index (χ2v) is 9.53. The van der Waals surface area contributed by atoms with Crippen LogP contribution in [0.3, 0.4) is 0 Å². The summed E-state index contributed by atoms with van der Waals surface area (Å²) < 4.78 is 0.997. The normalized spacial score (nSPS) is 13.0. The molecule has 0 bridgehead atoms. The van der Waals surface area contributed by atoms with Gasteiger partial charge in [0.25, 0.3) is 0 Å². The van der Waals surface area contributed by atoms with E-state index in [1.165, 1.54) is 102 Å². The molecule has 1 aromatic rings. The van der Waals surface area contributed by atoms with Gasteiger partial charge >= 0.3 is 0 Å². The quantitative estimate of drug-likeness (QED) is 0.121. The van der Waals surface area contributed by atoms with Gasteiger partial charge in [-0.05, 0) is 44.6 Å². The summed E-state index contributed by atoms with van der Waals surface area (Å²) in [6.07, 6.45) is 26.1. The summed E-state index contributed by atoms with van der Waals surface area (Å²) in [6.45, 7) is 7.61. The molecule has 0 aliphatic carbocycles. The van der Waals surface area contributed by atoms with Gasteiger partial charge in [0.05, 0.1) is 20.6 Å². The van der Waals surface area contributed by atoms with E-state index < -0.39 is 0 Å². The fourth-order valence-corrected chi connectivity index (χ4v) is 4.38. The SMILES string of the molecule is C=CC(c1ccccc1)[N+](C)(C)CCCCCCCC/C=C\CCCCCCCC. The lowest BCUT2D eigenvalue weighted by Gasteiger charge is -2.37. The third-order valence-corrected chi connectivity index (χ3v) is 6.36. The van der Waals surface area contributed by atoms with Crippen molar-refractivity contribution < 1.29 is 4.48 Å². The third-order valence-electron chi connectivity index (χ3n) is 6.36. The van der Waals surface area contributed by atoms with Crippen molar-refractivity contribution in [3.05, 3.63) is 60.7 Å². The summed E-state index contributed by atoms with van der Waals surface area (Å²) in [4.78, 5) is 0. The number of likely N-dealkylation sites (N-methyl/N-ethyl adjacent to an activating group) is 1. The number of hydrogen-bond donors (Lipinski definition) is 0. The van der Waals surface area contributed by atoms with Crippen LogP contribution >= 0.6 is 0 Å². The van der Waals surface area contributed by atoms with Gasteiger partial charge < -0.3 is 4.48 Å². The van der Waals surface area contributed by atoms with E-state index in [9.17, 15) is 0 Å². The van der Waals surface area contributed by atoms with Crippen LogP contribution in [-0.4, -0.2) is 25.1 Å². The zero-order valence-electron chi connectivity index (χ0n) is 20.5. The van der Waals surface area contributed by atoms with Crippen LogP contribution in [0.1, 0.15) is 108 Å². The maximum absolute atomic E-state index is 4.11. The Morgan fingerprint density at radius 1 is 0.733 bits per heavy atom. The first-order valence-corrected chi connectivity index (χ1v) is 12.8. The molecule has 0 saturated carbocycles. The summed E-state index contributed by atoms with van der Waals surface area (Å²) in [7, 11) is 4.69. The number of nitrogens with zero attached hydrogens (tertiary/aromatic N) is 1. The molecule has 0 aliphatic heterocycles. The van der Waals surface area contributed by atoms with Gasteiger partial charge in [-0.15, -0.1) is 0 Å². The predicted octanol–water partition coefficient (Wildman–Crippen LogP) is 9.03. The molecule has 0 aromatic heterocycles. The molecule has 0 aliphatic rings. The molecule has 0 heterocycles. The van der Waals surface area contributed by atoms with Crippen molar-refractivity contribution in [1.82, 2.24) is 0 Å². The highest BCUT2D eigenvalue weighted by Gasteiger charge is 2.26. The number of benzene rings is 1. The van der Waals surface area contributed by atoms with E-state index in [1.807, 2.05) is 0 Å². The first kappa shape index (κ1) is 26.7. The molecule has 1 nitrogen and oxygen atoms in total. The van der Waals surface area contributed by atoms with Crippen LogP contribution < -0.4 is 0 Å². The van der Waals surface area contributed by atoms with Gasteiger partial charge in [0, 0.05) is 5.56 Å². The molecule has 0 saturated heterocycles. The molecule has 0 radical (unpaired) electrons. The molecule has 0 amide bonds. The largest absolute Gasteiger partial charge is 0.319 e. The molecule has 30 heavy (non-hydrogen) atoms. The molecular formula is C29H50N+. The first-order valence-electron chi connectivity index (χ1n) is 12.8. The van der Waals surface area contributed by atoms with Crippen molar-refractivity contribution in [2.75, 3.05) is 20.6 Å². The smallest absolute Gasteiger partial charge is 0.133 e. The summed E-state index contributed by atoms with van der Waals surface area (Å²) >= 11 is 0. The lowest BCUT2D eigenvalue weighted by Crippen LogP contribution is -2.43. The van der Waals surface area contributed by atoms with E-state index in [2.05, 4.69) is 76.2 Å². The van der Waals surface area contributed by atoms with E-state index in [1.54, 1.807) is 0 Å². The number of rotatable bonds is 19. The summed E-state index contributed by atoms with van der Waals surface area (Å²) in [5.41, 5.74) is 1.38. The second kappa shape index (κ2) is 17.4. The molecule has 1 atom stereocenters. The van der Waals surface area contributed by atoms with Gasteiger partial charge in [-0.2, -0.15) is 0 Å². The van der Waals surface area contributed by atoms with E-state index in [0.717, 1.165) is 4.48 Å². The van der Waals surface area contributed by atoms with Crippen molar-refractivity contribution >= 4 is 0 Å². The highest BCUT2D eigenvalue weighted by molar-refractivity contribution is 5.20. The zero-order valence-corrected chi connectivity index (χ0v) is 20.5. The maximum Gasteiger partial charge on any atom is 0.133 e. The van der Waals surface area contributed by atoms with Gasteiger partial charge in [0.15, 0.2) is 0 Å². The number of hydrogen-bond acceptors (Lipinski definition) is 0. The fourth-order valence-electron chi connectivity index (χ4n) is 4.38. The van der Waals surface area contributed by atoms with Gasteiger partial charge in [0.2, 0.25) is 0 Å². The average Bonchev–Trinajstić information content (AvgIpc) is 2.74. The molecule has 1 rings (SSSR count). The van der Waals surface area contributed by atoms with Crippen molar-refractivity contribution in [3.63, 3.8) is 0 Å². The molecule has 0 fully saturated rings. The topological polar surface area (TPSA) is 0 Å². The highest BCUT2D eigenvalue weighted by atomic mass is 15.3. The Hall–Kier alpha value is -1.34. The standard InChI is InChI=1S/C29H50N/c1-5-7-8-9-10-11-12-13-14-15-16-17-18-19-20-24-27-30(3,4)29(6-2)28-25-22-21-23-26-28/h6,13-14,21-23,25-26,29H,2,5,7-12,15-20,24,27H2,1,3-4H3/q+1/b14-13-. The fraction of sp³-hybridized carbons (Fsp3) is 0.655. The molecule has 1 heteroatoms. The van der Waals surface area contributed by atoms with Crippen molar-refractivity contribution in [2.24, 2.45) is 0 Å². The van der Waals surface area contributed by atoms with Crippen molar-refractivity contribution in [3.8, 4) is 0 Å². The summed E-state index contributed by atoms with van der Waals surface area (Å²) in [5.74, 6) is 0. The van der Waals surface area contributed by atoms with Gasteiger partial charge in [-0.1, -0.05) is 107 Å². The Balaban J connectivity index is 2.01. The minimum atomic E-state index is 0.384. The molecule has 0 spiro atoms. The third kappa shape index (κ3) is 12.4. The van der Waals surface area contributed by atoms with Crippen molar-refractivity contribution in [1.29, 1.82) is 0 Å². The number of allylic oxidation sites excluding steroid dienone is 2. The Kier molecular flexibility index (Phi) is 15.4.